The molecule has 162 valence electrons. The average Bonchev–Trinajstić information content (AvgIpc) is 3.22. The largest absolute Gasteiger partial charge is 0.325 e. The molecule has 5 heteroatoms. The Balaban J connectivity index is 1.29. The van der Waals surface area contributed by atoms with Gasteiger partial charge in [-0.1, -0.05) is 54.6 Å². The Morgan fingerprint density at radius 2 is 1.75 bits per heavy atom. The zero-order valence-corrected chi connectivity index (χ0v) is 18.3. The van der Waals surface area contributed by atoms with Crippen LogP contribution in [0.1, 0.15) is 35.1 Å². The van der Waals surface area contributed by atoms with Crippen molar-refractivity contribution in [3.05, 3.63) is 95.1 Å². The highest BCUT2D eigenvalue weighted by molar-refractivity contribution is 5.96. The lowest BCUT2D eigenvalue weighted by atomic mass is 9.84. The first-order chi connectivity index (χ1) is 15.6. The van der Waals surface area contributed by atoms with E-state index in [0.717, 1.165) is 36.4 Å². The maximum absolute atomic E-state index is 12.9. The summed E-state index contributed by atoms with van der Waals surface area (Å²) in [6.45, 7) is 4.21. The molecular weight excluding hydrogens is 398 g/mol. The lowest BCUT2D eigenvalue weighted by Crippen LogP contribution is -2.39. The van der Waals surface area contributed by atoms with Gasteiger partial charge >= 0.3 is 0 Å². The van der Waals surface area contributed by atoms with E-state index in [-0.39, 0.29) is 17.7 Å². The molecule has 0 saturated heterocycles. The Morgan fingerprint density at radius 3 is 2.56 bits per heavy atom. The zero-order chi connectivity index (χ0) is 22.1. The van der Waals surface area contributed by atoms with Gasteiger partial charge in [0, 0.05) is 43.9 Å². The van der Waals surface area contributed by atoms with E-state index in [9.17, 15) is 9.59 Å². The number of fused-ring (bicyclic) bond motifs is 2. The van der Waals surface area contributed by atoms with Crippen molar-refractivity contribution in [1.29, 1.82) is 0 Å². The van der Waals surface area contributed by atoms with E-state index < -0.39 is 0 Å². The van der Waals surface area contributed by atoms with E-state index in [1.807, 2.05) is 24.3 Å². The van der Waals surface area contributed by atoms with Crippen LogP contribution in [0.15, 0.2) is 72.8 Å². The Kier molecular flexibility index (Phi) is 5.50. The highest BCUT2D eigenvalue weighted by Crippen LogP contribution is 2.34. The molecule has 3 aromatic rings. The molecule has 0 fully saturated rings. The molecule has 0 aliphatic carbocycles. The highest BCUT2D eigenvalue weighted by atomic mass is 16.2. The normalized spacial score (nSPS) is 17.5. The minimum absolute atomic E-state index is 0.0161. The van der Waals surface area contributed by atoms with Crippen molar-refractivity contribution in [2.45, 2.75) is 25.8 Å². The predicted molar refractivity (Wildman–Crippen MR) is 127 cm³/mol. The molecule has 2 amide bonds. The number of anilines is 2. The number of rotatable bonds is 4. The molecule has 0 saturated carbocycles. The summed E-state index contributed by atoms with van der Waals surface area (Å²) in [7, 11) is 0. The quantitative estimate of drug-likeness (QED) is 0.682. The molecule has 0 aromatic heterocycles. The van der Waals surface area contributed by atoms with E-state index >= 15 is 0 Å². The molecule has 1 N–H and O–H groups in total. The second-order valence-corrected chi connectivity index (χ2v) is 8.64. The van der Waals surface area contributed by atoms with Crippen molar-refractivity contribution in [2.75, 3.05) is 29.9 Å². The number of hydrogen-bond donors (Lipinski definition) is 1. The number of hydrogen-bond acceptors (Lipinski definition) is 3. The molecule has 2 heterocycles. The lowest BCUT2D eigenvalue weighted by molar-refractivity contribution is -0.118. The summed E-state index contributed by atoms with van der Waals surface area (Å²) in [4.78, 5) is 28.7. The molecule has 2 aliphatic heterocycles. The van der Waals surface area contributed by atoms with Gasteiger partial charge in [0.15, 0.2) is 0 Å². The van der Waals surface area contributed by atoms with E-state index in [2.05, 4.69) is 58.7 Å². The van der Waals surface area contributed by atoms with Gasteiger partial charge in [-0.2, -0.15) is 0 Å². The molecule has 5 nitrogen and oxygen atoms in total. The van der Waals surface area contributed by atoms with Gasteiger partial charge in [0.05, 0.1) is 6.54 Å². The molecule has 5 rings (SSSR count). The highest BCUT2D eigenvalue weighted by Gasteiger charge is 2.27. The second kappa shape index (κ2) is 8.60. The van der Waals surface area contributed by atoms with Crippen molar-refractivity contribution in [1.82, 2.24) is 4.90 Å². The number of nitrogens with one attached hydrogen (secondary N) is 1. The van der Waals surface area contributed by atoms with Crippen molar-refractivity contribution in [3.8, 4) is 0 Å². The molecule has 2 aliphatic rings. The SMILES string of the molecule is CC(=O)N1CCc2cc(NC(=O)CN3Cc4ccccc4[C@@H](c4ccccc4)C3)ccc21. The first-order valence-corrected chi connectivity index (χ1v) is 11.1. The maximum Gasteiger partial charge on any atom is 0.238 e. The van der Waals surface area contributed by atoms with Crippen LogP contribution in [0.5, 0.6) is 0 Å². The molecule has 3 aromatic carbocycles. The third-order valence-corrected chi connectivity index (χ3v) is 6.47. The van der Waals surface area contributed by atoms with Crippen LogP contribution in [0.4, 0.5) is 11.4 Å². The summed E-state index contributed by atoms with van der Waals surface area (Å²) >= 11 is 0. The van der Waals surface area contributed by atoms with Crippen LogP contribution < -0.4 is 10.2 Å². The summed E-state index contributed by atoms with van der Waals surface area (Å²) < 4.78 is 0. The van der Waals surface area contributed by atoms with Gasteiger partial charge in [-0.15, -0.1) is 0 Å². The molecule has 1 atom stereocenters. The van der Waals surface area contributed by atoms with E-state index in [1.54, 1.807) is 11.8 Å². The van der Waals surface area contributed by atoms with E-state index in [1.165, 1.54) is 16.7 Å². The third kappa shape index (κ3) is 4.04. The fraction of sp³-hybridized carbons (Fsp3) is 0.259. The monoisotopic (exact) mass is 425 g/mol. The fourth-order valence-corrected chi connectivity index (χ4v) is 4.98. The van der Waals surface area contributed by atoms with Crippen LogP contribution in [-0.4, -0.2) is 36.3 Å². The number of benzene rings is 3. The summed E-state index contributed by atoms with van der Waals surface area (Å²) in [5.41, 5.74) is 6.75. The Hall–Kier alpha value is -3.44. The van der Waals surface area contributed by atoms with Crippen LogP contribution in [0, 0.1) is 0 Å². The summed E-state index contributed by atoms with van der Waals surface area (Å²) in [6.07, 6.45) is 0.820. The van der Waals surface area contributed by atoms with Crippen LogP contribution >= 0.6 is 0 Å². The van der Waals surface area contributed by atoms with Gasteiger partial charge in [0.2, 0.25) is 11.8 Å². The zero-order valence-electron chi connectivity index (χ0n) is 18.3. The number of carbonyl (C=O) groups excluding carboxylic acids is 2. The average molecular weight is 426 g/mol. The van der Waals surface area contributed by atoms with Crippen LogP contribution in [0.25, 0.3) is 0 Å². The summed E-state index contributed by atoms with van der Waals surface area (Å²) in [5, 5.41) is 3.06. The van der Waals surface area contributed by atoms with Gasteiger partial charge in [-0.3, -0.25) is 14.5 Å². The number of amides is 2. The van der Waals surface area contributed by atoms with Crippen LogP contribution in [0.2, 0.25) is 0 Å². The molecule has 32 heavy (non-hydrogen) atoms. The van der Waals surface area contributed by atoms with Crippen molar-refractivity contribution in [2.24, 2.45) is 0 Å². The smallest absolute Gasteiger partial charge is 0.238 e. The molecule has 0 radical (unpaired) electrons. The standard InChI is InChI=1S/C27H27N3O2/c1-19(31)30-14-13-21-15-23(11-12-26(21)30)28-27(32)18-29-16-22-9-5-6-10-24(22)25(17-29)20-7-3-2-4-8-20/h2-12,15,25H,13-14,16-18H2,1H3,(H,28,32)/t25-/m1/s1. The maximum atomic E-state index is 12.9. The van der Waals surface area contributed by atoms with Gasteiger partial charge < -0.3 is 10.2 Å². The predicted octanol–water partition coefficient (Wildman–Crippen LogP) is 4.18. The van der Waals surface area contributed by atoms with Crippen LogP contribution in [-0.2, 0) is 22.6 Å². The minimum atomic E-state index is -0.0161. The number of carbonyl (C=O) groups is 2. The van der Waals surface area contributed by atoms with Gasteiger partial charge in [0.25, 0.3) is 0 Å². The minimum Gasteiger partial charge on any atom is -0.325 e. The van der Waals surface area contributed by atoms with Gasteiger partial charge in [-0.25, -0.2) is 0 Å². The van der Waals surface area contributed by atoms with Crippen LogP contribution in [0.3, 0.4) is 0 Å². The second-order valence-electron chi connectivity index (χ2n) is 8.64. The summed E-state index contributed by atoms with van der Waals surface area (Å²) in [5.74, 6) is 0.294. The third-order valence-electron chi connectivity index (χ3n) is 6.47. The molecule has 0 spiro atoms. The van der Waals surface area contributed by atoms with Crippen molar-refractivity contribution in [3.63, 3.8) is 0 Å². The molecular formula is C27H27N3O2. The molecule has 0 bridgehead atoms. The van der Waals surface area contributed by atoms with E-state index in [4.69, 9.17) is 0 Å². The Morgan fingerprint density at radius 1 is 0.969 bits per heavy atom. The first-order valence-electron chi connectivity index (χ1n) is 11.1. The lowest BCUT2D eigenvalue weighted by Gasteiger charge is -2.34. The van der Waals surface area contributed by atoms with Crippen molar-refractivity contribution >= 4 is 23.2 Å². The molecule has 0 unspecified atom stereocenters. The van der Waals surface area contributed by atoms with Crippen molar-refractivity contribution < 1.29 is 9.59 Å². The van der Waals surface area contributed by atoms with Gasteiger partial charge in [-0.05, 0) is 46.9 Å². The fourth-order valence-electron chi connectivity index (χ4n) is 4.98. The topological polar surface area (TPSA) is 52.7 Å². The van der Waals surface area contributed by atoms with Gasteiger partial charge in [0.1, 0.15) is 0 Å². The van der Waals surface area contributed by atoms with E-state index in [0.29, 0.717) is 13.1 Å². The first kappa shape index (κ1) is 20.5. The summed E-state index contributed by atoms with van der Waals surface area (Å²) in [6, 6.07) is 24.9. The Bertz CT molecular complexity index is 1160. The number of nitrogens with zero attached hydrogens (tertiary/aromatic N) is 2. The Labute approximate surface area is 188 Å².